The average molecular weight is 388 g/mol. The molecule has 0 radical (unpaired) electrons. The van der Waals surface area contributed by atoms with Gasteiger partial charge in [-0.1, -0.05) is 24.6 Å². The van der Waals surface area contributed by atoms with Gasteiger partial charge in [-0.3, -0.25) is 10.1 Å². The third-order valence-corrected chi connectivity index (χ3v) is 5.03. The molecule has 0 atom stereocenters. The predicted octanol–water partition coefficient (Wildman–Crippen LogP) is 4.70. The number of halogens is 1. The molecule has 2 N–H and O–H groups in total. The van der Waals surface area contributed by atoms with Crippen LogP contribution in [0.5, 0.6) is 0 Å². The van der Waals surface area contributed by atoms with E-state index in [1.165, 1.54) is 18.5 Å². The zero-order valence-electron chi connectivity index (χ0n) is 14.7. The van der Waals surface area contributed by atoms with Crippen molar-refractivity contribution in [1.29, 1.82) is 0 Å². The molecule has 2 aromatic carbocycles. The molecule has 26 heavy (non-hydrogen) atoms. The van der Waals surface area contributed by atoms with Crippen molar-refractivity contribution < 1.29 is 4.79 Å². The van der Waals surface area contributed by atoms with E-state index in [2.05, 4.69) is 34.6 Å². The van der Waals surface area contributed by atoms with Gasteiger partial charge in [-0.25, -0.2) is 0 Å². The van der Waals surface area contributed by atoms with E-state index in [1.54, 1.807) is 24.3 Å². The highest BCUT2D eigenvalue weighted by Crippen LogP contribution is 2.24. The van der Waals surface area contributed by atoms with Crippen molar-refractivity contribution in [1.82, 2.24) is 5.32 Å². The lowest BCUT2D eigenvalue weighted by molar-refractivity contribution is 0.0977. The van der Waals surface area contributed by atoms with Crippen LogP contribution in [0.1, 0.15) is 30.1 Å². The number of amides is 1. The lowest BCUT2D eigenvalue weighted by Crippen LogP contribution is -2.34. The van der Waals surface area contributed by atoms with Gasteiger partial charge < -0.3 is 10.2 Å². The molecule has 0 spiro atoms. The predicted molar refractivity (Wildman–Crippen MR) is 112 cm³/mol. The number of hydrogen-bond acceptors (Lipinski definition) is 3. The van der Waals surface area contributed by atoms with E-state index in [0.717, 1.165) is 24.7 Å². The van der Waals surface area contributed by atoms with Crippen LogP contribution in [0.3, 0.4) is 0 Å². The molecule has 1 aliphatic heterocycles. The number of carbonyl (C=O) groups is 1. The number of thiocarbonyl (C=S) groups is 1. The monoisotopic (exact) mass is 387 g/mol. The second-order valence-electron chi connectivity index (χ2n) is 6.64. The maximum absolute atomic E-state index is 12.2. The summed E-state index contributed by atoms with van der Waals surface area (Å²) in [6.45, 7) is 4.51. The zero-order chi connectivity index (χ0) is 18.5. The lowest BCUT2D eigenvalue weighted by Gasteiger charge is -2.32. The summed E-state index contributed by atoms with van der Waals surface area (Å²) in [5, 5.41) is 6.48. The topological polar surface area (TPSA) is 44.4 Å². The molecule has 0 bridgehead atoms. The summed E-state index contributed by atoms with van der Waals surface area (Å²) in [4.78, 5) is 14.6. The number of piperidine rings is 1. The van der Waals surface area contributed by atoms with Gasteiger partial charge in [0, 0.05) is 35.1 Å². The van der Waals surface area contributed by atoms with Crippen molar-refractivity contribution >= 4 is 46.2 Å². The Balaban J connectivity index is 1.55. The number of rotatable bonds is 3. The first-order chi connectivity index (χ1) is 12.5. The molecule has 1 saturated heterocycles. The van der Waals surface area contributed by atoms with Gasteiger partial charge >= 0.3 is 0 Å². The molecule has 1 aliphatic rings. The zero-order valence-corrected chi connectivity index (χ0v) is 16.2. The second-order valence-corrected chi connectivity index (χ2v) is 7.48. The standard InChI is InChI=1S/C20H22ClN3OS/c1-14-9-11-24(12-10-14)18-7-5-17(6-8-18)22-20(26)23-19(25)15-3-2-4-16(21)13-15/h2-8,13-14H,9-12H2,1H3,(H2,22,23,25,26). The first-order valence-corrected chi connectivity index (χ1v) is 9.53. The molecule has 2 aromatic rings. The fourth-order valence-corrected chi connectivity index (χ4v) is 3.39. The van der Waals surface area contributed by atoms with Crippen LogP contribution in [0.2, 0.25) is 5.02 Å². The fourth-order valence-electron chi connectivity index (χ4n) is 2.99. The highest BCUT2D eigenvalue weighted by Gasteiger charge is 2.16. The number of carbonyl (C=O) groups excluding carboxylic acids is 1. The summed E-state index contributed by atoms with van der Waals surface area (Å²) in [7, 11) is 0. The number of nitrogens with zero attached hydrogens (tertiary/aromatic N) is 1. The van der Waals surface area contributed by atoms with E-state index in [4.69, 9.17) is 23.8 Å². The van der Waals surface area contributed by atoms with Crippen LogP contribution in [-0.4, -0.2) is 24.1 Å². The fraction of sp³-hybridized carbons (Fsp3) is 0.300. The quantitative estimate of drug-likeness (QED) is 0.749. The number of nitrogens with one attached hydrogen (secondary N) is 2. The molecular formula is C20H22ClN3OS. The Morgan fingerprint density at radius 2 is 1.85 bits per heavy atom. The van der Waals surface area contributed by atoms with Crippen LogP contribution in [-0.2, 0) is 0 Å². The van der Waals surface area contributed by atoms with Crippen LogP contribution in [0.25, 0.3) is 0 Å². The Labute approximate surface area is 164 Å². The molecule has 0 unspecified atom stereocenters. The highest BCUT2D eigenvalue weighted by molar-refractivity contribution is 7.80. The number of benzene rings is 2. The maximum Gasteiger partial charge on any atom is 0.257 e. The van der Waals surface area contributed by atoms with Crippen LogP contribution in [0.15, 0.2) is 48.5 Å². The van der Waals surface area contributed by atoms with Crippen molar-refractivity contribution in [2.75, 3.05) is 23.3 Å². The van der Waals surface area contributed by atoms with Gasteiger partial charge in [0.25, 0.3) is 5.91 Å². The molecule has 1 heterocycles. The average Bonchev–Trinajstić information content (AvgIpc) is 2.63. The molecule has 1 fully saturated rings. The van der Waals surface area contributed by atoms with Crippen LogP contribution in [0.4, 0.5) is 11.4 Å². The largest absolute Gasteiger partial charge is 0.372 e. The lowest BCUT2D eigenvalue weighted by atomic mass is 9.99. The molecule has 0 aromatic heterocycles. The summed E-state index contributed by atoms with van der Waals surface area (Å²) in [6.07, 6.45) is 2.47. The Morgan fingerprint density at radius 1 is 1.15 bits per heavy atom. The molecule has 0 saturated carbocycles. The van der Waals surface area contributed by atoms with Gasteiger partial charge in [0.1, 0.15) is 0 Å². The molecule has 0 aliphatic carbocycles. The second kappa shape index (κ2) is 8.52. The number of hydrogen-bond donors (Lipinski definition) is 2. The smallest absolute Gasteiger partial charge is 0.257 e. The normalized spacial score (nSPS) is 14.8. The van der Waals surface area contributed by atoms with Gasteiger partial charge in [-0.15, -0.1) is 0 Å². The van der Waals surface area contributed by atoms with Gasteiger partial charge in [0.15, 0.2) is 5.11 Å². The van der Waals surface area contributed by atoms with Crippen molar-refractivity contribution in [3.05, 3.63) is 59.1 Å². The molecule has 6 heteroatoms. The third-order valence-electron chi connectivity index (χ3n) is 4.59. The summed E-state index contributed by atoms with van der Waals surface area (Å²) >= 11 is 11.1. The molecule has 3 rings (SSSR count). The summed E-state index contributed by atoms with van der Waals surface area (Å²) in [5.41, 5.74) is 2.53. The van der Waals surface area contributed by atoms with E-state index in [0.29, 0.717) is 10.6 Å². The Morgan fingerprint density at radius 3 is 2.50 bits per heavy atom. The van der Waals surface area contributed by atoms with Crippen molar-refractivity contribution in [2.45, 2.75) is 19.8 Å². The molecule has 4 nitrogen and oxygen atoms in total. The SMILES string of the molecule is CC1CCN(c2ccc(NC(=S)NC(=O)c3cccc(Cl)c3)cc2)CC1. The minimum atomic E-state index is -0.288. The Bertz CT molecular complexity index is 786. The Kier molecular flexibility index (Phi) is 6.12. The maximum atomic E-state index is 12.2. The summed E-state index contributed by atoms with van der Waals surface area (Å²) < 4.78 is 0. The first kappa shape index (κ1) is 18.7. The van der Waals surface area contributed by atoms with E-state index in [9.17, 15) is 4.79 Å². The molecule has 1 amide bonds. The number of anilines is 2. The summed E-state index contributed by atoms with van der Waals surface area (Å²) in [6, 6.07) is 14.9. The van der Waals surface area contributed by atoms with Crippen molar-refractivity contribution in [3.8, 4) is 0 Å². The van der Waals surface area contributed by atoms with Gasteiger partial charge in [0.05, 0.1) is 0 Å². The van der Waals surface area contributed by atoms with Crippen LogP contribution >= 0.6 is 23.8 Å². The van der Waals surface area contributed by atoms with E-state index in [-0.39, 0.29) is 11.0 Å². The van der Waals surface area contributed by atoms with Gasteiger partial charge in [-0.2, -0.15) is 0 Å². The van der Waals surface area contributed by atoms with E-state index in [1.807, 2.05) is 12.1 Å². The summed E-state index contributed by atoms with van der Waals surface area (Å²) in [5.74, 6) is 0.525. The van der Waals surface area contributed by atoms with Gasteiger partial charge in [-0.05, 0) is 73.4 Å². The van der Waals surface area contributed by atoms with E-state index >= 15 is 0 Å². The Hall–Kier alpha value is -2.11. The minimum Gasteiger partial charge on any atom is -0.372 e. The van der Waals surface area contributed by atoms with Gasteiger partial charge in [0.2, 0.25) is 0 Å². The minimum absolute atomic E-state index is 0.259. The highest BCUT2D eigenvalue weighted by atomic mass is 35.5. The molecule has 136 valence electrons. The first-order valence-electron chi connectivity index (χ1n) is 8.74. The van der Waals surface area contributed by atoms with Crippen LogP contribution in [0, 0.1) is 5.92 Å². The van der Waals surface area contributed by atoms with E-state index < -0.39 is 0 Å². The molecular weight excluding hydrogens is 366 g/mol. The third kappa shape index (κ3) is 4.96. The van der Waals surface area contributed by atoms with Crippen molar-refractivity contribution in [3.63, 3.8) is 0 Å². The van der Waals surface area contributed by atoms with Crippen molar-refractivity contribution in [2.24, 2.45) is 5.92 Å². The van der Waals surface area contributed by atoms with Crippen LogP contribution < -0.4 is 15.5 Å².